The van der Waals surface area contributed by atoms with Crippen LogP contribution in [0.5, 0.6) is 0 Å². The maximum atomic E-state index is 12.2. The van der Waals surface area contributed by atoms with Crippen molar-refractivity contribution < 1.29 is 14.5 Å². The summed E-state index contributed by atoms with van der Waals surface area (Å²) in [6.07, 6.45) is 4.35. The number of carbonyl (C=O) groups excluding carboxylic acids is 1. The van der Waals surface area contributed by atoms with Gasteiger partial charge in [0.1, 0.15) is 0 Å². The fourth-order valence-corrected chi connectivity index (χ4v) is 4.57. The van der Waals surface area contributed by atoms with Crippen LogP contribution in [0.4, 0.5) is 11.4 Å². The lowest BCUT2D eigenvalue weighted by Gasteiger charge is -2.39. The summed E-state index contributed by atoms with van der Waals surface area (Å²) >= 11 is 0. The second-order valence-electron chi connectivity index (χ2n) is 8.74. The van der Waals surface area contributed by atoms with Gasteiger partial charge < -0.3 is 9.64 Å². The van der Waals surface area contributed by atoms with E-state index in [-0.39, 0.29) is 16.9 Å². The molecule has 2 heterocycles. The maximum absolute atomic E-state index is 12.2. The van der Waals surface area contributed by atoms with Crippen LogP contribution >= 0.6 is 0 Å². The third-order valence-electron chi connectivity index (χ3n) is 6.40. The average Bonchev–Trinajstić information content (AvgIpc) is 3.24. The number of Topliss-reactive ketones (excluding diaryl/α,β-unsaturated/α-hetero) is 1. The van der Waals surface area contributed by atoms with E-state index in [4.69, 9.17) is 4.74 Å². The Labute approximate surface area is 182 Å². The van der Waals surface area contributed by atoms with Gasteiger partial charge in [0.25, 0.3) is 5.69 Å². The van der Waals surface area contributed by atoms with E-state index in [1.165, 1.54) is 12.1 Å². The molecule has 2 aliphatic heterocycles. The van der Waals surface area contributed by atoms with Gasteiger partial charge in [-0.1, -0.05) is 38.6 Å². The zero-order chi connectivity index (χ0) is 22.4. The number of non-ortho nitro benzene ring substituents is 1. The lowest BCUT2D eigenvalue weighted by molar-refractivity contribution is -0.384. The van der Waals surface area contributed by atoms with E-state index in [9.17, 15) is 14.9 Å². The maximum Gasteiger partial charge on any atom is 0.269 e. The molecule has 2 aromatic rings. The Balaban J connectivity index is 1.69. The van der Waals surface area contributed by atoms with Crippen molar-refractivity contribution in [2.75, 3.05) is 18.1 Å². The monoisotopic (exact) mass is 418 g/mol. The number of benzene rings is 2. The number of hydrogen-bond donors (Lipinski definition) is 0. The van der Waals surface area contributed by atoms with Crippen molar-refractivity contribution in [3.05, 3.63) is 87.5 Å². The van der Waals surface area contributed by atoms with Crippen LogP contribution in [-0.4, -0.2) is 29.6 Å². The van der Waals surface area contributed by atoms with Crippen LogP contribution in [0.25, 0.3) is 6.08 Å². The average molecular weight is 418 g/mol. The third kappa shape index (κ3) is 3.37. The largest absolute Gasteiger partial charge is 0.349 e. The van der Waals surface area contributed by atoms with E-state index in [0.29, 0.717) is 18.6 Å². The number of ether oxygens (including phenoxy) is 1. The Morgan fingerprint density at radius 3 is 2.61 bits per heavy atom. The normalized spacial score (nSPS) is 21.2. The molecule has 1 unspecified atom stereocenters. The van der Waals surface area contributed by atoms with E-state index in [2.05, 4.69) is 43.5 Å². The van der Waals surface area contributed by atoms with Crippen LogP contribution in [-0.2, 0) is 21.4 Å². The van der Waals surface area contributed by atoms with Crippen LogP contribution in [0, 0.1) is 10.1 Å². The Kier molecular flexibility index (Phi) is 5.06. The molecule has 2 aromatic carbocycles. The van der Waals surface area contributed by atoms with Crippen molar-refractivity contribution >= 4 is 23.2 Å². The van der Waals surface area contributed by atoms with Crippen molar-refractivity contribution in [2.45, 2.75) is 38.3 Å². The smallest absolute Gasteiger partial charge is 0.269 e. The van der Waals surface area contributed by atoms with Crippen molar-refractivity contribution in [2.24, 2.45) is 0 Å². The second kappa shape index (κ2) is 7.46. The predicted octanol–water partition coefficient (Wildman–Crippen LogP) is 4.82. The standard InChI is InChI=1S/C25H26N2O4/c1-17(2)23(28)16-19-7-10-22-21(15-19)24(3,4)25(26(22)13-14-31-25)12-11-18-5-8-20(9-6-18)27(29)30/h5-12,15H,1,13-14,16H2,2-4H3/b12-11+. The van der Waals surface area contributed by atoms with E-state index >= 15 is 0 Å². The van der Waals surface area contributed by atoms with Gasteiger partial charge in [-0.05, 0) is 53.5 Å². The number of rotatable bonds is 6. The van der Waals surface area contributed by atoms with Gasteiger partial charge in [0, 0.05) is 36.2 Å². The molecule has 160 valence electrons. The highest BCUT2D eigenvalue weighted by Gasteiger charge is 2.59. The first-order valence-corrected chi connectivity index (χ1v) is 10.3. The summed E-state index contributed by atoms with van der Waals surface area (Å²) in [6, 6.07) is 12.7. The molecule has 4 rings (SSSR count). The topological polar surface area (TPSA) is 72.7 Å². The number of allylic oxidation sites excluding steroid dienone is 1. The molecular weight excluding hydrogens is 392 g/mol. The van der Waals surface area contributed by atoms with E-state index in [1.54, 1.807) is 19.1 Å². The quantitative estimate of drug-likeness (QED) is 0.382. The molecule has 0 amide bonds. The highest BCUT2D eigenvalue weighted by molar-refractivity contribution is 5.95. The number of carbonyl (C=O) groups is 1. The fraction of sp³-hybridized carbons (Fsp3) is 0.320. The number of hydrogen-bond acceptors (Lipinski definition) is 5. The summed E-state index contributed by atoms with van der Waals surface area (Å²) in [5.74, 6) is 0.0419. The summed E-state index contributed by atoms with van der Waals surface area (Å²) in [7, 11) is 0. The van der Waals surface area contributed by atoms with E-state index in [1.807, 2.05) is 12.1 Å². The zero-order valence-corrected chi connectivity index (χ0v) is 18.1. The Hall–Kier alpha value is -3.25. The van der Waals surface area contributed by atoms with Gasteiger partial charge in [0.2, 0.25) is 0 Å². The lowest BCUT2D eigenvalue weighted by Crippen LogP contribution is -2.51. The summed E-state index contributed by atoms with van der Waals surface area (Å²) < 4.78 is 6.36. The Morgan fingerprint density at radius 2 is 1.97 bits per heavy atom. The van der Waals surface area contributed by atoms with Crippen molar-refractivity contribution in [3.8, 4) is 0 Å². The zero-order valence-electron chi connectivity index (χ0n) is 18.1. The molecule has 6 heteroatoms. The molecule has 0 bridgehead atoms. The molecule has 0 radical (unpaired) electrons. The molecule has 0 saturated carbocycles. The second-order valence-corrected chi connectivity index (χ2v) is 8.74. The Bertz CT molecular complexity index is 1100. The molecule has 1 fully saturated rings. The van der Waals surface area contributed by atoms with Crippen molar-refractivity contribution in [3.63, 3.8) is 0 Å². The lowest BCUT2D eigenvalue weighted by atomic mass is 9.76. The van der Waals surface area contributed by atoms with Crippen LogP contribution in [0.1, 0.15) is 37.5 Å². The molecule has 2 aliphatic rings. The minimum atomic E-state index is -0.659. The van der Waals surface area contributed by atoms with Crippen LogP contribution in [0.3, 0.4) is 0 Å². The van der Waals surface area contributed by atoms with Gasteiger partial charge in [0.15, 0.2) is 11.5 Å². The molecule has 0 aromatic heterocycles. The summed E-state index contributed by atoms with van der Waals surface area (Å²) in [6.45, 7) is 11.2. The highest BCUT2D eigenvalue weighted by Crippen LogP contribution is 2.55. The van der Waals surface area contributed by atoms with Gasteiger partial charge in [-0.2, -0.15) is 0 Å². The van der Waals surface area contributed by atoms with Gasteiger partial charge in [0.05, 0.1) is 11.5 Å². The SMILES string of the molecule is C=C(C)C(=O)Cc1ccc2c(c1)C(C)(C)C1(/C=C/c3ccc([N+](=O)[O-])cc3)OCCN21. The number of ketones is 1. The third-order valence-corrected chi connectivity index (χ3v) is 6.40. The predicted molar refractivity (Wildman–Crippen MR) is 121 cm³/mol. The van der Waals surface area contributed by atoms with Gasteiger partial charge in [-0.3, -0.25) is 14.9 Å². The Morgan fingerprint density at radius 1 is 1.26 bits per heavy atom. The first kappa shape index (κ1) is 21.0. The minimum Gasteiger partial charge on any atom is -0.349 e. The van der Waals surface area contributed by atoms with Crippen LogP contribution in [0.15, 0.2) is 60.7 Å². The molecule has 0 aliphatic carbocycles. The van der Waals surface area contributed by atoms with Crippen molar-refractivity contribution in [1.82, 2.24) is 0 Å². The van der Waals surface area contributed by atoms with Gasteiger partial charge in [-0.25, -0.2) is 0 Å². The summed E-state index contributed by atoms with van der Waals surface area (Å²) in [4.78, 5) is 24.9. The van der Waals surface area contributed by atoms with Crippen molar-refractivity contribution in [1.29, 1.82) is 0 Å². The van der Waals surface area contributed by atoms with E-state index < -0.39 is 10.6 Å². The minimum absolute atomic E-state index is 0.0419. The number of fused-ring (bicyclic) bond motifs is 3. The highest BCUT2D eigenvalue weighted by atomic mass is 16.6. The molecule has 0 spiro atoms. The van der Waals surface area contributed by atoms with Crippen LogP contribution < -0.4 is 4.90 Å². The number of nitro groups is 1. The molecule has 0 N–H and O–H groups in total. The summed E-state index contributed by atoms with van der Waals surface area (Å²) in [5.41, 5.74) is 3.71. The molecule has 31 heavy (non-hydrogen) atoms. The molecule has 1 saturated heterocycles. The molecular formula is C25H26N2O4. The van der Waals surface area contributed by atoms with Crippen LogP contribution in [0.2, 0.25) is 0 Å². The number of anilines is 1. The fourth-order valence-electron chi connectivity index (χ4n) is 4.57. The van der Waals surface area contributed by atoms with Gasteiger partial charge in [-0.15, -0.1) is 0 Å². The first-order valence-electron chi connectivity index (χ1n) is 10.3. The van der Waals surface area contributed by atoms with E-state index in [0.717, 1.165) is 28.9 Å². The molecule has 6 nitrogen and oxygen atoms in total. The first-order chi connectivity index (χ1) is 14.7. The number of nitrogens with zero attached hydrogens (tertiary/aromatic N) is 2. The molecule has 1 atom stereocenters. The van der Waals surface area contributed by atoms with Gasteiger partial charge >= 0.3 is 0 Å². The number of nitro benzene ring substituents is 1. The summed E-state index contributed by atoms with van der Waals surface area (Å²) in [5, 5.41) is 10.9.